The standard InChI is InChI=1S/C25H27BrN2O4S/c1-3-19-14-21(26)15-20(4-2)25(19)28-24(29)17-32-22-10-12-23(13-11-22)33(30,31)27-16-18-8-6-5-7-9-18/h5-15,27H,3-4,16-17H2,1-2H3,(H,28,29). The lowest BCUT2D eigenvalue weighted by Gasteiger charge is -2.16. The van der Waals surface area contributed by atoms with Gasteiger partial charge in [-0.1, -0.05) is 60.1 Å². The molecular formula is C25H27BrN2O4S. The van der Waals surface area contributed by atoms with Crippen LogP contribution in [-0.2, 0) is 34.2 Å². The van der Waals surface area contributed by atoms with Gasteiger partial charge in [-0.15, -0.1) is 0 Å². The molecule has 0 spiro atoms. The lowest BCUT2D eigenvalue weighted by molar-refractivity contribution is -0.118. The van der Waals surface area contributed by atoms with Gasteiger partial charge in [0.1, 0.15) is 5.75 Å². The minimum absolute atomic E-state index is 0.130. The largest absolute Gasteiger partial charge is 0.484 e. The van der Waals surface area contributed by atoms with Gasteiger partial charge in [-0.05, 0) is 65.9 Å². The van der Waals surface area contributed by atoms with Crippen molar-refractivity contribution in [2.24, 2.45) is 0 Å². The highest BCUT2D eigenvalue weighted by Gasteiger charge is 2.15. The molecule has 1 amide bonds. The number of hydrogen-bond donors (Lipinski definition) is 2. The molecule has 174 valence electrons. The summed E-state index contributed by atoms with van der Waals surface area (Å²) >= 11 is 3.51. The number of ether oxygens (including phenoxy) is 1. The van der Waals surface area contributed by atoms with E-state index in [1.54, 1.807) is 12.1 Å². The zero-order valence-electron chi connectivity index (χ0n) is 18.6. The normalized spacial score (nSPS) is 11.2. The van der Waals surface area contributed by atoms with E-state index in [-0.39, 0.29) is 24.0 Å². The fourth-order valence-corrected chi connectivity index (χ4v) is 4.91. The summed E-state index contributed by atoms with van der Waals surface area (Å²) in [7, 11) is -3.65. The van der Waals surface area contributed by atoms with Crippen LogP contribution in [0, 0.1) is 0 Å². The Morgan fingerprint density at radius 2 is 1.55 bits per heavy atom. The number of carbonyl (C=O) groups is 1. The van der Waals surface area contributed by atoms with Gasteiger partial charge in [0.2, 0.25) is 10.0 Å². The number of sulfonamides is 1. The molecule has 0 atom stereocenters. The van der Waals surface area contributed by atoms with Crippen molar-refractivity contribution in [3.8, 4) is 5.75 Å². The topological polar surface area (TPSA) is 84.5 Å². The molecule has 0 saturated carbocycles. The van der Waals surface area contributed by atoms with E-state index in [1.807, 2.05) is 56.3 Å². The number of carbonyl (C=O) groups excluding carboxylic acids is 1. The minimum Gasteiger partial charge on any atom is -0.484 e. The number of nitrogens with one attached hydrogen (secondary N) is 2. The Hall–Kier alpha value is -2.68. The van der Waals surface area contributed by atoms with E-state index < -0.39 is 10.0 Å². The first-order valence-electron chi connectivity index (χ1n) is 10.7. The summed E-state index contributed by atoms with van der Waals surface area (Å²) in [6, 6.07) is 19.3. The maximum Gasteiger partial charge on any atom is 0.262 e. The Labute approximate surface area is 203 Å². The van der Waals surface area contributed by atoms with Gasteiger partial charge in [0, 0.05) is 16.7 Å². The summed E-state index contributed by atoms with van der Waals surface area (Å²) in [5, 5.41) is 2.96. The van der Waals surface area contributed by atoms with Crippen molar-refractivity contribution in [1.29, 1.82) is 0 Å². The predicted molar refractivity (Wildman–Crippen MR) is 134 cm³/mol. The molecule has 0 heterocycles. The third kappa shape index (κ3) is 6.90. The van der Waals surface area contributed by atoms with Gasteiger partial charge in [0.05, 0.1) is 4.90 Å². The zero-order valence-corrected chi connectivity index (χ0v) is 21.0. The van der Waals surface area contributed by atoms with Crippen LogP contribution < -0.4 is 14.8 Å². The summed E-state index contributed by atoms with van der Waals surface area (Å²) in [5.74, 6) is 0.136. The number of amides is 1. The van der Waals surface area contributed by atoms with E-state index in [4.69, 9.17) is 4.74 Å². The van der Waals surface area contributed by atoms with Crippen LogP contribution >= 0.6 is 15.9 Å². The average Bonchev–Trinajstić information content (AvgIpc) is 2.83. The zero-order chi connectivity index (χ0) is 23.8. The average molecular weight is 531 g/mol. The highest BCUT2D eigenvalue weighted by atomic mass is 79.9. The molecule has 8 heteroatoms. The summed E-state index contributed by atoms with van der Waals surface area (Å²) < 4.78 is 34.2. The smallest absolute Gasteiger partial charge is 0.262 e. The van der Waals surface area contributed by atoms with Crippen molar-refractivity contribution in [2.45, 2.75) is 38.1 Å². The van der Waals surface area contributed by atoms with Crippen molar-refractivity contribution in [1.82, 2.24) is 4.72 Å². The molecule has 0 aliphatic heterocycles. The van der Waals surface area contributed by atoms with Crippen molar-refractivity contribution in [2.75, 3.05) is 11.9 Å². The van der Waals surface area contributed by atoms with Gasteiger partial charge >= 0.3 is 0 Å². The Morgan fingerprint density at radius 1 is 0.939 bits per heavy atom. The lowest BCUT2D eigenvalue weighted by Crippen LogP contribution is -2.23. The van der Waals surface area contributed by atoms with Crippen molar-refractivity contribution in [3.63, 3.8) is 0 Å². The predicted octanol–water partition coefficient (Wildman–Crippen LogP) is 5.07. The second-order valence-electron chi connectivity index (χ2n) is 7.42. The van der Waals surface area contributed by atoms with Gasteiger partial charge in [-0.3, -0.25) is 4.79 Å². The van der Waals surface area contributed by atoms with Gasteiger partial charge in [0.25, 0.3) is 5.91 Å². The molecule has 0 unspecified atom stereocenters. The molecule has 3 rings (SSSR count). The number of anilines is 1. The minimum atomic E-state index is -3.65. The third-order valence-electron chi connectivity index (χ3n) is 5.11. The SMILES string of the molecule is CCc1cc(Br)cc(CC)c1NC(=O)COc1ccc(S(=O)(=O)NCc2ccccc2)cc1. The van der Waals surface area contributed by atoms with E-state index in [1.165, 1.54) is 12.1 Å². The molecule has 33 heavy (non-hydrogen) atoms. The maximum absolute atomic E-state index is 12.5. The summed E-state index contributed by atoms with van der Waals surface area (Å²) in [6.45, 7) is 4.10. The van der Waals surface area contributed by atoms with E-state index in [0.717, 1.165) is 39.7 Å². The van der Waals surface area contributed by atoms with E-state index >= 15 is 0 Å². The van der Waals surface area contributed by atoms with Crippen LogP contribution in [0.25, 0.3) is 0 Å². The van der Waals surface area contributed by atoms with E-state index in [0.29, 0.717) is 5.75 Å². The first kappa shape index (κ1) is 25.0. The number of aryl methyl sites for hydroxylation is 2. The first-order valence-corrected chi connectivity index (χ1v) is 13.0. The number of rotatable bonds is 10. The fourth-order valence-electron chi connectivity index (χ4n) is 3.34. The Balaban J connectivity index is 1.59. The Morgan fingerprint density at radius 3 is 2.12 bits per heavy atom. The Bertz CT molecular complexity index is 1170. The summed E-state index contributed by atoms with van der Waals surface area (Å²) in [4.78, 5) is 12.6. The van der Waals surface area contributed by atoms with Crippen molar-refractivity contribution < 1.29 is 17.9 Å². The van der Waals surface area contributed by atoms with Gasteiger partial charge < -0.3 is 10.1 Å². The molecule has 0 aromatic heterocycles. The number of halogens is 1. The molecule has 0 radical (unpaired) electrons. The number of hydrogen-bond acceptors (Lipinski definition) is 4. The quantitative estimate of drug-likeness (QED) is 0.383. The van der Waals surface area contributed by atoms with Crippen LogP contribution in [0.3, 0.4) is 0 Å². The molecule has 2 N–H and O–H groups in total. The molecule has 0 saturated heterocycles. The molecular weight excluding hydrogens is 504 g/mol. The lowest BCUT2D eigenvalue weighted by atomic mass is 10.0. The van der Waals surface area contributed by atoms with E-state index in [2.05, 4.69) is 26.0 Å². The fraction of sp³-hybridized carbons (Fsp3) is 0.240. The van der Waals surface area contributed by atoms with Crippen molar-refractivity contribution >= 4 is 37.5 Å². The van der Waals surface area contributed by atoms with Crippen molar-refractivity contribution in [3.05, 3.63) is 87.9 Å². The number of benzene rings is 3. The van der Waals surface area contributed by atoms with Gasteiger partial charge in [0.15, 0.2) is 6.61 Å². The molecule has 3 aromatic rings. The van der Waals surface area contributed by atoms with Crippen LogP contribution in [0.1, 0.15) is 30.5 Å². The first-order chi connectivity index (χ1) is 15.8. The molecule has 3 aromatic carbocycles. The molecule has 6 nitrogen and oxygen atoms in total. The Kier molecular flexibility index (Phi) is 8.66. The van der Waals surface area contributed by atoms with Crippen LogP contribution in [0.2, 0.25) is 0 Å². The maximum atomic E-state index is 12.5. The third-order valence-corrected chi connectivity index (χ3v) is 6.98. The van der Waals surface area contributed by atoms with E-state index in [9.17, 15) is 13.2 Å². The molecule has 0 aliphatic carbocycles. The highest BCUT2D eigenvalue weighted by molar-refractivity contribution is 9.10. The molecule has 0 bridgehead atoms. The second-order valence-corrected chi connectivity index (χ2v) is 10.1. The summed E-state index contributed by atoms with van der Waals surface area (Å²) in [6.07, 6.45) is 1.58. The highest BCUT2D eigenvalue weighted by Crippen LogP contribution is 2.27. The second kappa shape index (κ2) is 11.4. The molecule has 0 fully saturated rings. The van der Waals surface area contributed by atoms with Gasteiger partial charge in [-0.25, -0.2) is 13.1 Å². The molecule has 0 aliphatic rings. The van der Waals surface area contributed by atoms with Gasteiger partial charge in [-0.2, -0.15) is 0 Å². The summed E-state index contributed by atoms with van der Waals surface area (Å²) in [5.41, 5.74) is 3.79. The van der Waals surface area contributed by atoms with Crippen LogP contribution in [0.15, 0.2) is 76.1 Å². The van der Waals surface area contributed by atoms with Crippen LogP contribution in [0.5, 0.6) is 5.75 Å². The monoisotopic (exact) mass is 530 g/mol. The van der Waals surface area contributed by atoms with Crippen LogP contribution in [-0.4, -0.2) is 20.9 Å². The van der Waals surface area contributed by atoms with Crippen LogP contribution in [0.4, 0.5) is 5.69 Å².